The third-order valence-corrected chi connectivity index (χ3v) is 5.59. The summed E-state index contributed by atoms with van der Waals surface area (Å²) in [7, 11) is 0. The summed E-state index contributed by atoms with van der Waals surface area (Å²) >= 11 is 0. The molecule has 0 aliphatic carbocycles. The molecule has 6 heteroatoms. The molecule has 0 saturated carbocycles. The van der Waals surface area contributed by atoms with Crippen molar-refractivity contribution in [2.45, 2.75) is 70.4 Å². The fourth-order valence-electron chi connectivity index (χ4n) is 3.89. The van der Waals surface area contributed by atoms with Crippen LogP contribution in [0.25, 0.3) is 0 Å². The highest BCUT2D eigenvalue weighted by atomic mass is 19.4. The molecular formula is C23H31F3N2O. The van der Waals surface area contributed by atoms with Crippen LogP contribution in [-0.4, -0.2) is 29.5 Å². The number of unbranched alkanes of at least 4 members (excludes halogenated alkanes) is 2. The van der Waals surface area contributed by atoms with E-state index in [2.05, 4.69) is 9.88 Å². The predicted molar refractivity (Wildman–Crippen MR) is 108 cm³/mol. The average molecular weight is 409 g/mol. The highest BCUT2D eigenvalue weighted by molar-refractivity contribution is 5.24. The Morgan fingerprint density at radius 2 is 1.59 bits per heavy atom. The van der Waals surface area contributed by atoms with Gasteiger partial charge in [0.15, 0.2) is 5.89 Å². The summed E-state index contributed by atoms with van der Waals surface area (Å²) in [6, 6.07) is 5.48. The Hall–Kier alpha value is -1.82. The molecule has 0 unspecified atom stereocenters. The fourth-order valence-corrected chi connectivity index (χ4v) is 3.89. The Kier molecular flexibility index (Phi) is 8.16. The van der Waals surface area contributed by atoms with Crippen LogP contribution in [0.5, 0.6) is 0 Å². The van der Waals surface area contributed by atoms with E-state index in [1.165, 1.54) is 32.4 Å². The van der Waals surface area contributed by atoms with E-state index in [-0.39, 0.29) is 0 Å². The van der Waals surface area contributed by atoms with Gasteiger partial charge in [-0.1, -0.05) is 25.0 Å². The molecular weight excluding hydrogens is 377 g/mol. The number of benzene rings is 1. The van der Waals surface area contributed by atoms with E-state index in [0.29, 0.717) is 0 Å². The number of aryl methyl sites for hydroxylation is 3. The highest BCUT2D eigenvalue weighted by Gasteiger charge is 2.29. The molecule has 0 radical (unpaired) electrons. The minimum atomic E-state index is -4.26. The number of likely N-dealkylation sites (tertiary alicyclic amines) is 1. The van der Waals surface area contributed by atoms with E-state index >= 15 is 0 Å². The van der Waals surface area contributed by atoms with Gasteiger partial charge in [-0.3, -0.25) is 0 Å². The van der Waals surface area contributed by atoms with Crippen molar-refractivity contribution in [1.82, 2.24) is 9.88 Å². The maximum Gasteiger partial charge on any atom is 0.416 e. The fraction of sp³-hybridized carbons (Fsp3) is 0.609. The number of piperidine rings is 1. The quantitative estimate of drug-likeness (QED) is 0.447. The molecule has 160 valence electrons. The van der Waals surface area contributed by atoms with Crippen molar-refractivity contribution in [1.29, 1.82) is 0 Å². The smallest absolute Gasteiger partial charge is 0.416 e. The lowest BCUT2D eigenvalue weighted by atomic mass is 10.0. The summed E-state index contributed by atoms with van der Waals surface area (Å²) in [6.45, 7) is 3.61. The molecule has 1 fully saturated rings. The second kappa shape index (κ2) is 10.8. The van der Waals surface area contributed by atoms with Crippen LogP contribution < -0.4 is 0 Å². The van der Waals surface area contributed by atoms with E-state index < -0.39 is 11.7 Å². The Balaban J connectivity index is 1.28. The van der Waals surface area contributed by atoms with E-state index in [4.69, 9.17) is 4.42 Å². The molecule has 2 aromatic rings. The summed E-state index contributed by atoms with van der Waals surface area (Å²) in [5.74, 6) is 0.799. The second-order valence-electron chi connectivity index (χ2n) is 7.99. The first-order valence-electron chi connectivity index (χ1n) is 10.8. The van der Waals surface area contributed by atoms with Gasteiger partial charge in [0, 0.05) is 6.42 Å². The Morgan fingerprint density at radius 1 is 0.862 bits per heavy atom. The maximum atomic E-state index is 12.6. The zero-order chi connectivity index (χ0) is 20.5. The minimum absolute atomic E-state index is 0.586. The number of hydrogen-bond acceptors (Lipinski definition) is 3. The molecule has 29 heavy (non-hydrogen) atoms. The third kappa shape index (κ3) is 7.50. The van der Waals surface area contributed by atoms with E-state index in [9.17, 15) is 13.2 Å². The standard InChI is InChI=1S/C23H31F3N2O/c24-23(25,26)20-13-11-19(12-14-20)8-3-1-4-10-22-27-21(18-29-22)9-7-17-28-15-5-2-6-16-28/h11-14,18H,1-10,15-17H2. The van der Waals surface area contributed by atoms with Crippen LogP contribution in [-0.2, 0) is 25.4 Å². The van der Waals surface area contributed by atoms with Gasteiger partial charge in [-0.05, 0) is 82.3 Å². The summed E-state index contributed by atoms with van der Waals surface area (Å²) in [5, 5.41) is 0. The lowest BCUT2D eigenvalue weighted by molar-refractivity contribution is -0.137. The molecule has 1 aromatic heterocycles. The largest absolute Gasteiger partial charge is 0.449 e. The first kappa shape index (κ1) is 21.9. The molecule has 1 aliphatic rings. The number of oxazole rings is 1. The molecule has 0 atom stereocenters. The number of halogens is 3. The van der Waals surface area contributed by atoms with Gasteiger partial charge >= 0.3 is 6.18 Å². The van der Waals surface area contributed by atoms with Gasteiger partial charge in [0.1, 0.15) is 6.26 Å². The van der Waals surface area contributed by atoms with E-state index in [1.807, 2.05) is 0 Å². The summed E-state index contributed by atoms with van der Waals surface area (Å²) in [4.78, 5) is 7.13. The van der Waals surface area contributed by atoms with Crippen molar-refractivity contribution in [2.75, 3.05) is 19.6 Å². The van der Waals surface area contributed by atoms with Crippen molar-refractivity contribution in [3.05, 3.63) is 53.2 Å². The van der Waals surface area contributed by atoms with Crippen LogP contribution >= 0.6 is 0 Å². The van der Waals surface area contributed by atoms with Crippen LogP contribution in [0.1, 0.15) is 67.7 Å². The normalized spacial score (nSPS) is 15.7. The maximum absolute atomic E-state index is 12.6. The monoisotopic (exact) mass is 408 g/mol. The Bertz CT molecular complexity index is 718. The molecule has 0 spiro atoms. The van der Waals surface area contributed by atoms with Crippen molar-refractivity contribution < 1.29 is 17.6 Å². The van der Waals surface area contributed by atoms with Crippen LogP contribution in [0.15, 0.2) is 34.9 Å². The molecule has 1 aromatic carbocycles. The third-order valence-electron chi connectivity index (χ3n) is 5.59. The number of hydrogen-bond donors (Lipinski definition) is 0. The van der Waals surface area contributed by atoms with Gasteiger partial charge in [-0.25, -0.2) is 4.98 Å². The summed E-state index contributed by atoms with van der Waals surface area (Å²) in [6.07, 6.45) is 8.19. The summed E-state index contributed by atoms with van der Waals surface area (Å²) in [5.41, 5.74) is 1.41. The van der Waals surface area contributed by atoms with E-state index in [0.717, 1.165) is 80.8 Å². The minimum Gasteiger partial charge on any atom is -0.449 e. The van der Waals surface area contributed by atoms with Gasteiger partial charge < -0.3 is 9.32 Å². The van der Waals surface area contributed by atoms with Crippen LogP contribution in [0.2, 0.25) is 0 Å². The van der Waals surface area contributed by atoms with Crippen molar-refractivity contribution >= 4 is 0 Å². The van der Waals surface area contributed by atoms with Gasteiger partial charge in [0.05, 0.1) is 11.3 Å². The molecule has 0 amide bonds. The highest BCUT2D eigenvalue weighted by Crippen LogP contribution is 2.29. The molecule has 0 bridgehead atoms. The Labute approximate surface area is 171 Å². The first-order valence-corrected chi connectivity index (χ1v) is 10.8. The van der Waals surface area contributed by atoms with Gasteiger partial charge in [0.2, 0.25) is 0 Å². The summed E-state index contributed by atoms with van der Waals surface area (Å²) < 4.78 is 43.3. The lowest BCUT2D eigenvalue weighted by Crippen LogP contribution is -2.30. The molecule has 2 heterocycles. The molecule has 3 nitrogen and oxygen atoms in total. The van der Waals surface area contributed by atoms with Crippen molar-refractivity contribution in [3.8, 4) is 0 Å². The Morgan fingerprint density at radius 3 is 2.31 bits per heavy atom. The number of alkyl halides is 3. The zero-order valence-electron chi connectivity index (χ0n) is 17.0. The molecule has 3 rings (SSSR count). The second-order valence-corrected chi connectivity index (χ2v) is 7.99. The molecule has 1 saturated heterocycles. The number of aromatic nitrogens is 1. The number of nitrogens with zero attached hydrogens (tertiary/aromatic N) is 2. The lowest BCUT2D eigenvalue weighted by Gasteiger charge is -2.26. The predicted octanol–water partition coefficient (Wildman–Crippen LogP) is 6.07. The van der Waals surface area contributed by atoms with Crippen LogP contribution in [0.4, 0.5) is 13.2 Å². The molecule has 0 N–H and O–H groups in total. The van der Waals surface area contributed by atoms with Gasteiger partial charge in [-0.15, -0.1) is 0 Å². The first-order chi connectivity index (χ1) is 14.0. The molecule has 1 aliphatic heterocycles. The SMILES string of the molecule is FC(F)(F)c1ccc(CCCCCc2nc(CCCN3CCCCC3)co2)cc1. The zero-order valence-corrected chi connectivity index (χ0v) is 17.0. The average Bonchev–Trinajstić information content (AvgIpc) is 3.16. The van der Waals surface area contributed by atoms with Crippen LogP contribution in [0.3, 0.4) is 0 Å². The van der Waals surface area contributed by atoms with Crippen molar-refractivity contribution in [2.24, 2.45) is 0 Å². The van der Waals surface area contributed by atoms with Gasteiger partial charge in [0.25, 0.3) is 0 Å². The van der Waals surface area contributed by atoms with Crippen LogP contribution in [0, 0.1) is 0 Å². The number of rotatable bonds is 10. The van der Waals surface area contributed by atoms with Crippen molar-refractivity contribution in [3.63, 3.8) is 0 Å². The topological polar surface area (TPSA) is 29.3 Å². The van der Waals surface area contributed by atoms with Gasteiger partial charge in [-0.2, -0.15) is 13.2 Å². The van der Waals surface area contributed by atoms with E-state index in [1.54, 1.807) is 18.4 Å².